The number of esters is 3. The monoisotopic (exact) mass is 979 g/mol. The average molecular weight is 979 g/mol. The molecule has 0 aliphatic heterocycles. The average Bonchev–Trinajstić information content (AvgIpc) is 3.32. The molecule has 0 aromatic carbocycles. The van der Waals surface area contributed by atoms with Gasteiger partial charge in [0, 0.05) is 19.3 Å². The van der Waals surface area contributed by atoms with E-state index < -0.39 is 57.8 Å². The maximum Gasteiger partial charge on any atom is 0.472 e. The first-order valence-electron chi connectivity index (χ1n) is 27.2. The van der Waals surface area contributed by atoms with Gasteiger partial charge < -0.3 is 24.2 Å². The van der Waals surface area contributed by atoms with Gasteiger partial charge in [-0.2, -0.15) is 0 Å². The Morgan fingerprint density at radius 2 is 0.765 bits per heavy atom. The van der Waals surface area contributed by atoms with E-state index in [1.54, 1.807) is 0 Å². The van der Waals surface area contributed by atoms with Crippen LogP contribution >= 0.6 is 7.82 Å². The number of unbranched alkanes of at least 4 members (excludes halogenated alkanes) is 23. The van der Waals surface area contributed by atoms with Gasteiger partial charge in [0.2, 0.25) is 0 Å². The van der Waals surface area contributed by atoms with Crippen molar-refractivity contribution >= 4 is 25.7 Å². The van der Waals surface area contributed by atoms with Crippen LogP contribution in [0.3, 0.4) is 0 Å². The third kappa shape index (κ3) is 48.2. The molecule has 0 rings (SSSR count). The maximum absolute atomic E-state index is 12.9. The molecule has 0 aromatic rings. The van der Waals surface area contributed by atoms with E-state index in [1.807, 2.05) is 0 Å². The second-order valence-corrected chi connectivity index (χ2v) is 19.5. The zero-order valence-electron chi connectivity index (χ0n) is 43.3. The molecule has 12 heteroatoms. The fourth-order valence-corrected chi connectivity index (χ4v) is 8.07. The summed E-state index contributed by atoms with van der Waals surface area (Å²) in [5.41, 5.74) is 0. The van der Waals surface area contributed by atoms with Crippen molar-refractivity contribution < 1.29 is 52.2 Å². The number of phosphoric ester groups is 1. The molecule has 0 amide bonds. The standard InChI is InChI=1S/C56H99O11P/c1-4-7-10-13-16-19-22-24-25-26-27-29-31-33-36-39-42-45-54(58)63-49-53(67-56(60)47-44-41-38-35-32-28-23-20-17-14-11-8-5-2)51-65-68(61,62)64-50-52(48-57)66-55(59)46-43-40-37-34-30-21-18-15-12-9-6-3/h7,10,16,19-20,23-25,27,29,52-53,57H,4-6,8-9,11-15,17-18,21-22,26,28,30-51H2,1-3H3,(H,61,62)/b10-7-,19-16-,23-20-,25-24-,29-27-. The first-order chi connectivity index (χ1) is 33.2. The van der Waals surface area contributed by atoms with E-state index in [-0.39, 0.29) is 25.9 Å². The molecule has 11 nitrogen and oxygen atoms in total. The van der Waals surface area contributed by atoms with E-state index in [9.17, 15) is 28.9 Å². The Bertz CT molecular complexity index is 1370. The molecule has 0 aromatic heterocycles. The van der Waals surface area contributed by atoms with Crippen molar-refractivity contribution in [1.29, 1.82) is 0 Å². The molecule has 0 bridgehead atoms. The van der Waals surface area contributed by atoms with Crippen LogP contribution in [0.5, 0.6) is 0 Å². The molecule has 394 valence electrons. The lowest BCUT2D eigenvalue weighted by Crippen LogP contribution is -2.30. The summed E-state index contributed by atoms with van der Waals surface area (Å²) in [5, 5.41) is 9.77. The normalized spacial score (nSPS) is 13.9. The lowest BCUT2D eigenvalue weighted by atomic mass is 10.1. The maximum atomic E-state index is 12.9. The summed E-state index contributed by atoms with van der Waals surface area (Å²) < 4.78 is 39.4. The fourth-order valence-electron chi connectivity index (χ4n) is 7.28. The Hall–Kier alpha value is -2.82. The second-order valence-electron chi connectivity index (χ2n) is 18.0. The highest BCUT2D eigenvalue weighted by Crippen LogP contribution is 2.43. The topological polar surface area (TPSA) is 155 Å². The third-order valence-corrected chi connectivity index (χ3v) is 12.4. The van der Waals surface area contributed by atoms with Gasteiger partial charge in [0.25, 0.3) is 0 Å². The number of ether oxygens (including phenoxy) is 3. The predicted octanol–water partition coefficient (Wildman–Crippen LogP) is 15.6. The first kappa shape index (κ1) is 65.2. The Kier molecular flexibility index (Phi) is 48.5. The molecule has 2 N–H and O–H groups in total. The van der Waals surface area contributed by atoms with Gasteiger partial charge in [-0.05, 0) is 83.5 Å². The Morgan fingerprint density at radius 3 is 1.21 bits per heavy atom. The molecule has 0 saturated carbocycles. The number of hydrogen-bond acceptors (Lipinski definition) is 10. The first-order valence-corrected chi connectivity index (χ1v) is 28.7. The molecule has 0 spiro atoms. The smallest absolute Gasteiger partial charge is 0.462 e. The molecule has 68 heavy (non-hydrogen) atoms. The number of phosphoric acid groups is 1. The van der Waals surface area contributed by atoms with Crippen molar-refractivity contribution in [2.75, 3.05) is 26.4 Å². The lowest BCUT2D eigenvalue weighted by molar-refractivity contribution is -0.161. The van der Waals surface area contributed by atoms with E-state index in [0.29, 0.717) is 19.3 Å². The van der Waals surface area contributed by atoms with Gasteiger partial charge >= 0.3 is 25.7 Å². The molecule has 0 aliphatic rings. The quantitative estimate of drug-likeness (QED) is 0.0197. The molecule has 0 radical (unpaired) electrons. The summed E-state index contributed by atoms with van der Waals surface area (Å²) in [7, 11) is -4.75. The van der Waals surface area contributed by atoms with Crippen LogP contribution in [0, 0.1) is 0 Å². The molecular weight excluding hydrogens is 880 g/mol. The second kappa shape index (κ2) is 50.6. The highest BCUT2D eigenvalue weighted by molar-refractivity contribution is 7.47. The minimum absolute atomic E-state index is 0.152. The van der Waals surface area contributed by atoms with Crippen LogP contribution in [-0.2, 0) is 42.2 Å². The van der Waals surface area contributed by atoms with Gasteiger partial charge in [-0.25, -0.2) is 4.57 Å². The summed E-state index contributed by atoms with van der Waals surface area (Å²) in [6.07, 6.45) is 53.3. The van der Waals surface area contributed by atoms with E-state index in [1.165, 1.54) is 70.6 Å². The van der Waals surface area contributed by atoms with Crippen molar-refractivity contribution in [2.24, 2.45) is 0 Å². The summed E-state index contributed by atoms with van der Waals surface area (Å²) in [5.74, 6) is -1.50. The third-order valence-electron chi connectivity index (χ3n) is 11.4. The van der Waals surface area contributed by atoms with Gasteiger partial charge in [0.1, 0.15) is 12.7 Å². The summed E-state index contributed by atoms with van der Waals surface area (Å²) in [4.78, 5) is 48.3. The predicted molar refractivity (Wildman–Crippen MR) is 279 cm³/mol. The van der Waals surface area contributed by atoms with Crippen LogP contribution in [0.4, 0.5) is 0 Å². The Labute approximate surface area is 415 Å². The van der Waals surface area contributed by atoms with Gasteiger partial charge in [-0.1, -0.05) is 197 Å². The molecule has 0 saturated heterocycles. The summed E-state index contributed by atoms with van der Waals surface area (Å²) in [6.45, 7) is 4.47. The summed E-state index contributed by atoms with van der Waals surface area (Å²) in [6, 6.07) is 0. The SMILES string of the molecule is CC/C=C\C/C=C\C/C=C\C/C=C\CCCCCCC(=O)OCC(COP(=O)(O)OCC(CO)OC(=O)CCCCCCCCCCCCC)OC(=O)CCCCCCC/C=C\CCCCCC. The lowest BCUT2D eigenvalue weighted by Gasteiger charge is -2.21. The van der Waals surface area contributed by atoms with Crippen LogP contribution in [0.2, 0.25) is 0 Å². The van der Waals surface area contributed by atoms with Gasteiger partial charge in [-0.3, -0.25) is 23.4 Å². The minimum atomic E-state index is -4.75. The highest BCUT2D eigenvalue weighted by atomic mass is 31.2. The van der Waals surface area contributed by atoms with Crippen LogP contribution in [0.1, 0.15) is 239 Å². The van der Waals surface area contributed by atoms with E-state index in [4.69, 9.17) is 23.3 Å². The fraction of sp³-hybridized carbons (Fsp3) is 0.768. The van der Waals surface area contributed by atoms with Crippen molar-refractivity contribution in [3.05, 3.63) is 60.8 Å². The number of carbonyl (C=O) groups excluding carboxylic acids is 3. The highest BCUT2D eigenvalue weighted by Gasteiger charge is 2.28. The van der Waals surface area contributed by atoms with Crippen molar-refractivity contribution in [3.63, 3.8) is 0 Å². The Balaban J connectivity index is 4.77. The van der Waals surface area contributed by atoms with Gasteiger partial charge in [0.05, 0.1) is 19.8 Å². The van der Waals surface area contributed by atoms with Crippen LogP contribution in [0.25, 0.3) is 0 Å². The summed E-state index contributed by atoms with van der Waals surface area (Å²) >= 11 is 0. The molecule has 0 heterocycles. The van der Waals surface area contributed by atoms with Gasteiger partial charge in [0.15, 0.2) is 6.10 Å². The molecule has 3 atom stereocenters. The molecular formula is C56H99O11P. The van der Waals surface area contributed by atoms with Gasteiger partial charge in [-0.15, -0.1) is 0 Å². The van der Waals surface area contributed by atoms with E-state index in [0.717, 1.165) is 109 Å². The molecule has 3 unspecified atom stereocenters. The number of carbonyl (C=O) groups is 3. The zero-order chi connectivity index (χ0) is 49.9. The number of rotatable bonds is 50. The zero-order valence-corrected chi connectivity index (χ0v) is 44.2. The van der Waals surface area contributed by atoms with Crippen molar-refractivity contribution in [3.8, 4) is 0 Å². The number of allylic oxidation sites excluding steroid dienone is 10. The van der Waals surface area contributed by atoms with E-state index >= 15 is 0 Å². The van der Waals surface area contributed by atoms with Crippen LogP contribution in [-0.4, -0.2) is 66.5 Å². The number of hydrogen-bond donors (Lipinski definition) is 2. The number of aliphatic hydroxyl groups is 1. The largest absolute Gasteiger partial charge is 0.472 e. The minimum Gasteiger partial charge on any atom is -0.462 e. The number of aliphatic hydroxyl groups excluding tert-OH is 1. The molecule has 0 aliphatic carbocycles. The molecule has 0 fully saturated rings. The Morgan fingerprint density at radius 1 is 0.426 bits per heavy atom. The van der Waals surface area contributed by atoms with E-state index in [2.05, 4.69) is 81.5 Å². The van der Waals surface area contributed by atoms with Crippen molar-refractivity contribution in [1.82, 2.24) is 0 Å². The van der Waals surface area contributed by atoms with Crippen molar-refractivity contribution in [2.45, 2.75) is 251 Å². The van der Waals surface area contributed by atoms with Crippen LogP contribution in [0.15, 0.2) is 60.8 Å². The van der Waals surface area contributed by atoms with Crippen LogP contribution < -0.4 is 0 Å².